The Labute approximate surface area is 166 Å². The summed E-state index contributed by atoms with van der Waals surface area (Å²) in [4.78, 5) is 24.4. The molecule has 3 atom stereocenters. The van der Waals surface area contributed by atoms with E-state index in [1.54, 1.807) is 18.2 Å². The largest absolute Gasteiger partial charge is 0.471 e. The zero-order valence-corrected chi connectivity index (χ0v) is 16.3. The Hall–Kier alpha value is -2.02. The molecule has 1 aromatic rings. The normalized spacial score (nSPS) is 23.6. The van der Waals surface area contributed by atoms with Gasteiger partial charge < -0.3 is 18.9 Å². The average Bonchev–Trinajstić information content (AvgIpc) is 3.09. The number of fused-ring (bicyclic) bond motifs is 1. The molecule has 0 unspecified atom stereocenters. The minimum Gasteiger partial charge on any atom is -0.471 e. The molecule has 1 aromatic carbocycles. The fourth-order valence-corrected chi connectivity index (χ4v) is 3.96. The molecule has 0 fully saturated rings. The van der Waals surface area contributed by atoms with Crippen molar-refractivity contribution >= 4 is 35.1 Å². The van der Waals surface area contributed by atoms with Crippen LogP contribution in [0, 0.1) is 11.8 Å². The molecule has 1 aliphatic carbocycles. The standard InChI is InChI=1S/C19H18Cl2O6/c1-24-17(22)12-9-27-19(25-2)15-10(6-7-11(12)15)8-26-18(23)16-13(20)4-3-5-14(16)21/h3-6,9,11,15,19H,7-8H2,1-2H3/t11-,15-,19-/m1/s1. The van der Waals surface area contributed by atoms with Crippen LogP contribution in [0.25, 0.3) is 0 Å². The van der Waals surface area contributed by atoms with Crippen LogP contribution >= 0.6 is 23.2 Å². The molecule has 0 bridgehead atoms. The van der Waals surface area contributed by atoms with Crippen molar-refractivity contribution in [1.29, 1.82) is 0 Å². The summed E-state index contributed by atoms with van der Waals surface area (Å²) in [5, 5.41) is 0.440. The van der Waals surface area contributed by atoms with E-state index in [-0.39, 0.29) is 34.1 Å². The molecule has 144 valence electrons. The van der Waals surface area contributed by atoms with Gasteiger partial charge in [0, 0.05) is 13.0 Å². The number of carbonyl (C=O) groups is 2. The number of esters is 2. The Morgan fingerprint density at radius 2 is 1.89 bits per heavy atom. The number of carbonyl (C=O) groups excluding carboxylic acids is 2. The number of rotatable bonds is 5. The highest BCUT2D eigenvalue weighted by Crippen LogP contribution is 2.43. The van der Waals surface area contributed by atoms with E-state index < -0.39 is 18.2 Å². The molecule has 0 saturated heterocycles. The second-order valence-corrected chi connectivity index (χ2v) is 6.94. The Morgan fingerprint density at radius 1 is 1.19 bits per heavy atom. The minimum atomic E-state index is -0.621. The highest BCUT2D eigenvalue weighted by molar-refractivity contribution is 6.39. The maximum atomic E-state index is 12.4. The van der Waals surface area contributed by atoms with E-state index in [0.29, 0.717) is 12.0 Å². The van der Waals surface area contributed by atoms with E-state index in [1.807, 2.05) is 6.08 Å². The molecule has 1 aliphatic heterocycles. The fraction of sp³-hybridized carbons (Fsp3) is 0.368. The molecule has 0 N–H and O–H groups in total. The van der Waals surface area contributed by atoms with Crippen molar-refractivity contribution in [3.05, 3.63) is 57.3 Å². The van der Waals surface area contributed by atoms with Crippen molar-refractivity contribution in [2.24, 2.45) is 11.8 Å². The lowest BCUT2D eigenvalue weighted by atomic mass is 9.83. The number of allylic oxidation sites excluding steroid dienone is 1. The van der Waals surface area contributed by atoms with E-state index in [2.05, 4.69) is 0 Å². The van der Waals surface area contributed by atoms with Crippen LogP contribution in [0.5, 0.6) is 0 Å². The number of ether oxygens (including phenoxy) is 4. The Kier molecular flexibility index (Phi) is 6.09. The second kappa shape index (κ2) is 8.33. The van der Waals surface area contributed by atoms with E-state index in [9.17, 15) is 9.59 Å². The molecule has 0 radical (unpaired) electrons. The van der Waals surface area contributed by atoms with Crippen LogP contribution in [0.1, 0.15) is 16.8 Å². The van der Waals surface area contributed by atoms with Gasteiger partial charge in [0.2, 0.25) is 6.29 Å². The number of hydrogen-bond donors (Lipinski definition) is 0. The first-order valence-corrected chi connectivity index (χ1v) is 9.00. The van der Waals surface area contributed by atoms with Crippen LogP contribution in [-0.2, 0) is 23.7 Å². The summed E-state index contributed by atoms with van der Waals surface area (Å²) >= 11 is 12.1. The van der Waals surface area contributed by atoms with E-state index in [1.165, 1.54) is 20.5 Å². The monoisotopic (exact) mass is 412 g/mol. The Bertz CT molecular complexity index is 796. The quantitative estimate of drug-likeness (QED) is 0.541. The zero-order valence-electron chi connectivity index (χ0n) is 14.7. The first-order chi connectivity index (χ1) is 13.0. The molecule has 2 aliphatic rings. The maximum Gasteiger partial charge on any atom is 0.341 e. The molecule has 0 amide bonds. The number of halogens is 2. The van der Waals surface area contributed by atoms with Crippen LogP contribution in [0.15, 0.2) is 41.7 Å². The molecule has 0 saturated carbocycles. The summed E-state index contributed by atoms with van der Waals surface area (Å²) in [5.41, 5.74) is 1.36. The van der Waals surface area contributed by atoms with E-state index in [0.717, 1.165) is 5.57 Å². The summed E-state index contributed by atoms with van der Waals surface area (Å²) in [5.74, 6) is -1.49. The summed E-state index contributed by atoms with van der Waals surface area (Å²) in [7, 11) is 2.84. The van der Waals surface area contributed by atoms with Crippen molar-refractivity contribution < 1.29 is 28.5 Å². The summed E-state index contributed by atoms with van der Waals surface area (Å²) < 4.78 is 21.1. The van der Waals surface area contributed by atoms with Crippen LogP contribution in [0.3, 0.4) is 0 Å². The molecule has 3 rings (SSSR count). The maximum absolute atomic E-state index is 12.4. The molecular formula is C19H18Cl2O6. The lowest BCUT2D eigenvalue weighted by molar-refractivity contribution is -0.146. The van der Waals surface area contributed by atoms with Gasteiger partial charge in [-0.15, -0.1) is 0 Å². The smallest absolute Gasteiger partial charge is 0.341 e. The molecular weight excluding hydrogens is 395 g/mol. The van der Waals surface area contributed by atoms with E-state index in [4.69, 9.17) is 42.1 Å². The average molecular weight is 413 g/mol. The highest BCUT2D eigenvalue weighted by Gasteiger charge is 2.44. The third-order valence-corrected chi connectivity index (χ3v) is 5.34. The minimum absolute atomic E-state index is 0.0131. The first kappa shape index (κ1) is 19.7. The Balaban J connectivity index is 1.74. The van der Waals surface area contributed by atoms with Crippen LogP contribution in [0.4, 0.5) is 0 Å². The highest BCUT2D eigenvalue weighted by atomic mass is 35.5. The van der Waals surface area contributed by atoms with Gasteiger partial charge in [-0.3, -0.25) is 0 Å². The number of methoxy groups -OCH3 is 2. The van der Waals surface area contributed by atoms with Crippen molar-refractivity contribution in [2.75, 3.05) is 20.8 Å². The molecule has 27 heavy (non-hydrogen) atoms. The van der Waals surface area contributed by atoms with Gasteiger partial charge in [0.05, 0.1) is 40.5 Å². The van der Waals surface area contributed by atoms with Gasteiger partial charge in [-0.05, 0) is 24.1 Å². The van der Waals surface area contributed by atoms with Gasteiger partial charge in [0.1, 0.15) is 6.61 Å². The molecule has 0 aromatic heterocycles. The third-order valence-electron chi connectivity index (χ3n) is 4.71. The second-order valence-electron chi connectivity index (χ2n) is 6.12. The predicted molar refractivity (Wildman–Crippen MR) is 98.4 cm³/mol. The van der Waals surface area contributed by atoms with Crippen LogP contribution in [-0.4, -0.2) is 39.1 Å². The lowest BCUT2D eigenvalue weighted by Gasteiger charge is -2.33. The van der Waals surface area contributed by atoms with Crippen molar-refractivity contribution in [3.8, 4) is 0 Å². The molecule has 8 heteroatoms. The van der Waals surface area contributed by atoms with Crippen molar-refractivity contribution in [3.63, 3.8) is 0 Å². The van der Waals surface area contributed by atoms with Crippen LogP contribution in [0.2, 0.25) is 10.0 Å². The van der Waals surface area contributed by atoms with Gasteiger partial charge >= 0.3 is 11.9 Å². The summed E-state index contributed by atoms with van der Waals surface area (Å²) in [6.45, 7) is 0.0131. The fourth-order valence-electron chi connectivity index (χ4n) is 3.41. The van der Waals surface area contributed by atoms with Gasteiger partial charge in [-0.1, -0.05) is 35.3 Å². The predicted octanol–water partition coefficient (Wildman–Crippen LogP) is 3.77. The van der Waals surface area contributed by atoms with Gasteiger partial charge in [0.25, 0.3) is 0 Å². The topological polar surface area (TPSA) is 71.1 Å². The van der Waals surface area contributed by atoms with E-state index >= 15 is 0 Å². The molecule has 0 spiro atoms. The van der Waals surface area contributed by atoms with Crippen molar-refractivity contribution in [2.45, 2.75) is 12.7 Å². The van der Waals surface area contributed by atoms with Gasteiger partial charge in [-0.25, -0.2) is 9.59 Å². The SMILES string of the molecule is COC(=O)C1=CO[C@@H](OC)[C@@H]2C(COC(=O)c3c(Cl)cccc3Cl)=CC[C@H]12. The van der Waals surface area contributed by atoms with Gasteiger partial charge in [-0.2, -0.15) is 0 Å². The Morgan fingerprint density at radius 3 is 2.52 bits per heavy atom. The van der Waals surface area contributed by atoms with Gasteiger partial charge in [0.15, 0.2) is 0 Å². The third kappa shape index (κ3) is 3.83. The summed E-state index contributed by atoms with van der Waals surface area (Å²) in [6.07, 6.45) is 3.32. The molecule has 6 nitrogen and oxygen atoms in total. The lowest BCUT2D eigenvalue weighted by Crippen LogP contribution is -2.37. The van der Waals surface area contributed by atoms with Crippen LogP contribution < -0.4 is 0 Å². The molecule has 1 heterocycles. The number of benzene rings is 1. The van der Waals surface area contributed by atoms with Crippen molar-refractivity contribution in [1.82, 2.24) is 0 Å². The zero-order chi connectivity index (χ0) is 19.6. The number of hydrogen-bond acceptors (Lipinski definition) is 6. The summed E-state index contributed by atoms with van der Waals surface area (Å²) in [6, 6.07) is 4.78. The first-order valence-electron chi connectivity index (χ1n) is 8.24.